The van der Waals surface area contributed by atoms with E-state index in [0.29, 0.717) is 16.9 Å². The molecule has 1 rings (SSSR count). The predicted octanol–water partition coefficient (Wildman–Crippen LogP) is -0.477. The summed E-state index contributed by atoms with van der Waals surface area (Å²) in [7, 11) is 0. The van der Waals surface area contributed by atoms with Gasteiger partial charge in [-0.2, -0.15) is 0 Å². The number of carbonyl (C=O) groups is 1. The Morgan fingerprint density at radius 1 is 1.41 bits per heavy atom. The quantitative estimate of drug-likeness (QED) is 0.444. The Bertz CT molecular complexity index is 416. The molecular formula is C11H17N3O3. The number of aliphatic hydroxyl groups excluding tert-OH is 2. The second-order valence-corrected chi connectivity index (χ2v) is 4.17. The molecule has 0 heterocycles. The van der Waals surface area contributed by atoms with Crippen LogP contribution < -0.4 is 16.8 Å². The molecule has 17 heavy (non-hydrogen) atoms. The fourth-order valence-corrected chi connectivity index (χ4v) is 1.27. The van der Waals surface area contributed by atoms with E-state index in [-0.39, 0.29) is 13.2 Å². The highest BCUT2D eigenvalue weighted by molar-refractivity contribution is 5.95. The van der Waals surface area contributed by atoms with Crippen molar-refractivity contribution < 1.29 is 15.0 Å². The summed E-state index contributed by atoms with van der Waals surface area (Å²) in [6.07, 6.45) is 0. The van der Waals surface area contributed by atoms with Gasteiger partial charge in [0.05, 0.1) is 30.1 Å². The Morgan fingerprint density at radius 2 is 2.00 bits per heavy atom. The Hall–Kier alpha value is -1.79. The van der Waals surface area contributed by atoms with E-state index in [2.05, 4.69) is 5.32 Å². The molecule has 0 aliphatic rings. The zero-order chi connectivity index (χ0) is 13.1. The van der Waals surface area contributed by atoms with E-state index in [1.54, 1.807) is 6.92 Å². The first-order valence-corrected chi connectivity index (χ1v) is 5.11. The van der Waals surface area contributed by atoms with Crippen molar-refractivity contribution in [1.29, 1.82) is 0 Å². The first-order chi connectivity index (χ1) is 7.91. The third-order valence-corrected chi connectivity index (χ3v) is 2.47. The van der Waals surface area contributed by atoms with E-state index in [0.717, 1.165) is 0 Å². The van der Waals surface area contributed by atoms with Crippen molar-refractivity contribution in [2.24, 2.45) is 5.73 Å². The Balaban J connectivity index is 3.05. The van der Waals surface area contributed by atoms with Gasteiger partial charge in [-0.25, -0.2) is 0 Å². The molecule has 1 aromatic rings. The van der Waals surface area contributed by atoms with E-state index in [1.165, 1.54) is 18.2 Å². The summed E-state index contributed by atoms with van der Waals surface area (Å²) in [5.41, 5.74) is 11.1. The molecule has 6 heteroatoms. The molecule has 6 nitrogen and oxygen atoms in total. The standard InChI is InChI=1S/C11H17N3O3/c1-11(5-15,6-16)14-9-4-7(10(13)17)2-3-8(9)12/h2-4,14-16H,5-6,12H2,1H3,(H2,13,17). The zero-order valence-electron chi connectivity index (χ0n) is 9.60. The van der Waals surface area contributed by atoms with Gasteiger partial charge in [-0.3, -0.25) is 4.79 Å². The number of nitrogens with one attached hydrogen (secondary N) is 1. The second kappa shape index (κ2) is 5.03. The molecule has 0 aliphatic heterocycles. The van der Waals surface area contributed by atoms with Crippen molar-refractivity contribution in [2.75, 3.05) is 24.3 Å². The Labute approximate surface area is 99.2 Å². The van der Waals surface area contributed by atoms with Gasteiger partial charge in [-0.1, -0.05) is 0 Å². The third-order valence-electron chi connectivity index (χ3n) is 2.47. The van der Waals surface area contributed by atoms with E-state index in [4.69, 9.17) is 21.7 Å². The number of nitrogen functional groups attached to an aromatic ring is 1. The van der Waals surface area contributed by atoms with Gasteiger partial charge in [0.2, 0.25) is 5.91 Å². The van der Waals surface area contributed by atoms with Crippen LogP contribution in [0.4, 0.5) is 11.4 Å². The number of aliphatic hydroxyl groups is 2. The van der Waals surface area contributed by atoms with E-state index >= 15 is 0 Å². The number of amides is 1. The van der Waals surface area contributed by atoms with Crippen LogP contribution in [0.25, 0.3) is 0 Å². The molecule has 1 aromatic carbocycles. The highest BCUT2D eigenvalue weighted by Crippen LogP contribution is 2.23. The molecule has 94 valence electrons. The number of carbonyl (C=O) groups excluding carboxylic acids is 1. The van der Waals surface area contributed by atoms with E-state index < -0.39 is 11.4 Å². The average Bonchev–Trinajstić information content (AvgIpc) is 2.31. The zero-order valence-corrected chi connectivity index (χ0v) is 9.60. The lowest BCUT2D eigenvalue weighted by Crippen LogP contribution is -2.42. The summed E-state index contributed by atoms with van der Waals surface area (Å²) in [6.45, 7) is 1.08. The van der Waals surface area contributed by atoms with Crippen LogP contribution in [0.15, 0.2) is 18.2 Å². The number of nitrogens with two attached hydrogens (primary N) is 2. The largest absolute Gasteiger partial charge is 0.397 e. The maximum atomic E-state index is 11.0. The van der Waals surface area contributed by atoms with Crippen LogP contribution in [0.1, 0.15) is 17.3 Å². The summed E-state index contributed by atoms with van der Waals surface area (Å²) >= 11 is 0. The number of benzene rings is 1. The van der Waals surface area contributed by atoms with Crippen LogP contribution in [0.2, 0.25) is 0 Å². The summed E-state index contributed by atoms with van der Waals surface area (Å²) in [5.74, 6) is -0.567. The van der Waals surface area contributed by atoms with Crippen LogP contribution in [-0.4, -0.2) is 34.9 Å². The molecule has 0 saturated carbocycles. The van der Waals surface area contributed by atoms with Gasteiger partial charge in [0.25, 0.3) is 0 Å². The smallest absolute Gasteiger partial charge is 0.248 e. The Kier molecular flexibility index (Phi) is 3.93. The van der Waals surface area contributed by atoms with Crippen molar-refractivity contribution in [3.63, 3.8) is 0 Å². The van der Waals surface area contributed by atoms with Crippen molar-refractivity contribution >= 4 is 17.3 Å². The van der Waals surface area contributed by atoms with Gasteiger partial charge in [0, 0.05) is 5.56 Å². The molecule has 0 bridgehead atoms. The van der Waals surface area contributed by atoms with E-state index in [1.807, 2.05) is 0 Å². The van der Waals surface area contributed by atoms with Gasteiger partial charge in [0.15, 0.2) is 0 Å². The number of hydrogen-bond donors (Lipinski definition) is 5. The van der Waals surface area contributed by atoms with Gasteiger partial charge in [0.1, 0.15) is 0 Å². The fourth-order valence-electron chi connectivity index (χ4n) is 1.27. The Morgan fingerprint density at radius 3 is 2.47 bits per heavy atom. The number of primary amides is 1. The predicted molar refractivity (Wildman–Crippen MR) is 65.6 cm³/mol. The summed E-state index contributed by atoms with van der Waals surface area (Å²) in [5, 5.41) is 21.2. The molecule has 0 fully saturated rings. The highest BCUT2D eigenvalue weighted by atomic mass is 16.3. The molecule has 7 N–H and O–H groups in total. The molecule has 0 saturated heterocycles. The van der Waals surface area contributed by atoms with E-state index in [9.17, 15) is 4.79 Å². The lowest BCUT2D eigenvalue weighted by atomic mass is 10.0. The maximum absolute atomic E-state index is 11.0. The highest BCUT2D eigenvalue weighted by Gasteiger charge is 2.23. The molecule has 0 aromatic heterocycles. The first-order valence-electron chi connectivity index (χ1n) is 5.11. The van der Waals surface area contributed by atoms with Crippen molar-refractivity contribution in [1.82, 2.24) is 0 Å². The van der Waals surface area contributed by atoms with Crippen molar-refractivity contribution in [3.8, 4) is 0 Å². The molecule has 0 atom stereocenters. The summed E-state index contributed by atoms with van der Waals surface area (Å²) < 4.78 is 0. The minimum Gasteiger partial charge on any atom is -0.397 e. The fraction of sp³-hybridized carbons (Fsp3) is 0.364. The van der Waals surface area contributed by atoms with Crippen molar-refractivity contribution in [2.45, 2.75) is 12.5 Å². The molecule has 0 radical (unpaired) electrons. The molecule has 1 amide bonds. The number of rotatable bonds is 5. The SMILES string of the molecule is CC(CO)(CO)Nc1cc(C(N)=O)ccc1N. The van der Waals surface area contributed by atoms with Gasteiger partial charge in [-0.15, -0.1) is 0 Å². The van der Waals surface area contributed by atoms with Crippen LogP contribution >= 0.6 is 0 Å². The monoisotopic (exact) mass is 239 g/mol. The van der Waals surface area contributed by atoms with Gasteiger partial charge < -0.3 is 27.0 Å². The number of hydrogen-bond acceptors (Lipinski definition) is 5. The number of anilines is 2. The molecular weight excluding hydrogens is 222 g/mol. The minimum atomic E-state index is -0.912. The topological polar surface area (TPSA) is 122 Å². The van der Waals surface area contributed by atoms with Gasteiger partial charge in [-0.05, 0) is 25.1 Å². The summed E-state index contributed by atoms with van der Waals surface area (Å²) in [6, 6.07) is 4.54. The molecule has 0 spiro atoms. The van der Waals surface area contributed by atoms with Crippen molar-refractivity contribution in [3.05, 3.63) is 23.8 Å². The lowest BCUT2D eigenvalue weighted by Gasteiger charge is -2.28. The minimum absolute atomic E-state index is 0.274. The third kappa shape index (κ3) is 3.08. The van der Waals surface area contributed by atoms with Crippen LogP contribution in [-0.2, 0) is 0 Å². The molecule has 0 unspecified atom stereocenters. The van der Waals surface area contributed by atoms with Crippen LogP contribution in [0, 0.1) is 0 Å². The van der Waals surface area contributed by atoms with Gasteiger partial charge >= 0.3 is 0 Å². The normalized spacial score (nSPS) is 11.2. The maximum Gasteiger partial charge on any atom is 0.248 e. The average molecular weight is 239 g/mol. The second-order valence-electron chi connectivity index (χ2n) is 4.17. The van der Waals surface area contributed by atoms with Crippen LogP contribution in [0.3, 0.4) is 0 Å². The summed E-state index contributed by atoms with van der Waals surface area (Å²) in [4.78, 5) is 11.0. The van der Waals surface area contributed by atoms with Crippen LogP contribution in [0.5, 0.6) is 0 Å². The lowest BCUT2D eigenvalue weighted by molar-refractivity contribution is 0.100. The molecule has 0 aliphatic carbocycles. The first kappa shape index (κ1) is 13.3.